The number of Topliss-reactive ketones (excluding diaryl/α,β-unsaturated/α-hetero) is 1. The lowest BCUT2D eigenvalue weighted by Gasteiger charge is -2.17. The number of ether oxygens (including phenoxy) is 2. The van der Waals surface area contributed by atoms with Crippen molar-refractivity contribution in [3.63, 3.8) is 0 Å². The van der Waals surface area contributed by atoms with Crippen molar-refractivity contribution >= 4 is 11.8 Å². The molecular formula is C14H18O4. The summed E-state index contributed by atoms with van der Waals surface area (Å²) in [5.41, 5.74) is 1.06. The number of hydrogen-bond acceptors (Lipinski definition) is 4. The van der Waals surface area contributed by atoms with Crippen LogP contribution >= 0.6 is 0 Å². The third-order valence-electron chi connectivity index (χ3n) is 4.40. The molecule has 0 radical (unpaired) electrons. The first-order chi connectivity index (χ1) is 8.51. The second-order valence-electron chi connectivity index (χ2n) is 5.82. The zero-order valence-electron chi connectivity index (χ0n) is 10.8. The molecule has 0 saturated carbocycles. The predicted octanol–water partition coefficient (Wildman–Crippen LogP) is 1.77. The lowest BCUT2D eigenvalue weighted by molar-refractivity contribution is -0.149. The van der Waals surface area contributed by atoms with Crippen molar-refractivity contribution in [2.24, 2.45) is 5.92 Å². The van der Waals surface area contributed by atoms with Crippen LogP contribution in [0.5, 0.6) is 0 Å². The number of carbonyl (C=O) groups is 2. The summed E-state index contributed by atoms with van der Waals surface area (Å²) in [5.74, 6) is -1.36. The summed E-state index contributed by atoms with van der Waals surface area (Å²) in [6, 6.07) is 0. The summed E-state index contributed by atoms with van der Waals surface area (Å²) >= 11 is 0. The van der Waals surface area contributed by atoms with Crippen LogP contribution in [0, 0.1) is 5.92 Å². The van der Waals surface area contributed by atoms with Crippen molar-refractivity contribution in [3.8, 4) is 0 Å². The Labute approximate surface area is 106 Å². The van der Waals surface area contributed by atoms with E-state index in [-0.39, 0.29) is 29.5 Å². The average molecular weight is 250 g/mol. The number of allylic oxidation sites excluding steroid dienone is 2. The van der Waals surface area contributed by atoms with Gasteiger partial charge in [0.1, 0.15) is 12.2 Å². The largest absolute Gasteiger partial charge is 0.453 e. The minimum atomic E-state index is -0.677. The molecule has 1 unspecified atom stereocenters. The van der Waals surface area contributed by atoms with Crippen LogP contribution in [0.1, 0.15) is 39.5 Å². The van der Waals surface area contributed by atoms with Crippen LogP contribution in [0.3, 0.4) is 0 Å². The molecule has 0 aromatic heterocycles. The summed E-state index contributed by atoms with van der Waals surface area (Å²) in [6.07, 6.45) is 5.21. The third kappa shape index (κ3) is 1.79. The first kappa shape index (κ1) is 11.9. The number of carbonyl (C=O) groups excluding carboxylic acids is 2. The molecule has 98 valence electrons. The van der Waals surface area contributed by atoms with Gasteiger partial charge in [0, 0.05) is 0 Å². The highest BCUT2D eigenvalue weighted by molar-refractivity contribution is 6.36. The molecule has 0 spiro atoms. The molecule has 4 atom stereocenters. The Kier molecular flexibility index (Phi) is 2.59. The van der Waals surface area contributed by atoms with Crippen molar-refractivity contribution in [2.75, 3.05) is 0 Å². The van der Waals surface area contributed by atoms with Crippen LogP contribution in [0.25, 0.3) is 0 Å². The topological polar surface area (TPSA) is 55.9 Å². The summed E-state index contributed by atoms with van der Waals surface area (Å²) in [4.78, 5) is 23.3. The smallest absolute Gasteiger partial charge is 0.375 e. The highest BCUT2D eigenvalue weighted by Crippen LogP contribution is 2.48. The van der Waals surface area contributed by atoms with Gasteiger partial charge in [0.15, 0.2) is 0 Å². The van der Waals surface area contributed by atoms with E-state index in [0.717, 1.165) is 19.3 Å². The SMILES string of the molecule is C/C1=C\CC[C@@]2(C)OC2[C@H]2OC(=O)C(=O)[C@@H]2CC1. The molecule has 2 aliphatic heterocycles. The number of hydrogen-bond donors (Lipinski definition) is 0. The van der Waals surface area contributed by atoms with Crippen molar-refractivity contribution in [1.82, 2.24) is 0 Å². The van der Waals surface area contributed by atoms with Gasteiger partial charge in [0.05, 0.1) is 11.5 Å². The zero-order valence-corrected chi connectivity index (χ0v) is 10.8. The molecule has 0 amide bonds. The van der Waals surface area contributed by atoms with Crippen molar-refractivity contribution in [1.29, 1.82) is 0 Å². The minimum Gasteiger partial charge on any atom is -0.453 e. The lowest BCUT2D eigenvalue weighted by Crippen LogP contribution is -2.30. The van der Waals surface area contributed by atoms with Gasteiger partial charge in [-0.25, -0.2) is 4.79 Å². The molecule has 0 bridgehead atoms. The minimum absolute atomic E-state index is 0.0929. The van der Waals surface area contributed by atoms with Gasteiger partial charge >= 0.3 is 5.97 Å². The fourth-order valence-electron chi connectivity index (χ4n) is 3.09. The van der Waals surface area contributed by atoms with Crippen LogP contribution in [-0.2, 0) is 19.1 Å². The third-order valence-corrected chi connectivity index (χ3v) is 4.40. The average Bonchev–Trinajstić information content (AvgIpc) is 2.90. The summed E-state index contributed by atoms with van der Waals surface area (Å²) in [7, 11) is 0. The quantitative estimate of drug-likeness (QED) is 0.284. The van der Waals surface area contributed by atoms with E-state index in [4.69, 9.17) is 9.47 Å². The number of esters is 1. The summed E-state index contributed by atoms with van der Waals surface area (Å²) < 4.78 is 11.0. The van der Waals surface area contributed by atoms with Crippen LogP contribution in [0.15, 0.2) is 11.6 Å². The van der Waals surface area contributed by atoms with Crippen molar-refractivity contribution < 1.29 is 19.1 Å². The maximum absolute atomic E-state index is 11.8. The molecule has 3 aliphatic rings. The van der Waals surface area contributed by atoms with Gasteiger partial charge in [-0.05, 0) is 39.5 Å². The Morgan fingerprint density at radius 2 is 2.17 bits per heavy atom. The Bertz CT molecular complexity index is 439. The van der Waals surface area contributed by atoms with E-state index < -0.39 is 5.97 Å². The second-order valence-corrected chi connectivity index (χ2v) is 5.82. The zero-order chi connectivity index (χ0) is 12.9. The van der Waals surface area contributed by atoms with Gasteiger partial charge < -0.3 is 9.47 Å². The van der Waals surface area contributed by atoms with E-state index in [9.17, 15) is 9.59 Å². The van der Waals surface area contributed by atoms with Crippen molar-refractivity contribution in [3.05, 3.63) is 11.6 Å². The maximum Gasteiger partial charge on any atom is 0.375 e. The normalized spacial score (nSPS) is 46.6. The van der Waals surface area contributed by atoms with Gasteiger partial charge in [-0.15, -0.1) is 0 Å². The molecule has 0 aromatic carbocycles. The fraction of sp³-hybridized carbons (Fsp3) is 0.714. The molecule has 0 N–H and O–H groups in total. The van der Waals surface area contributed by atoms with E-state index in [1.807, 2.05) is 6.92 Å². The van der Waals surface area contributed by atoms with Crippen molar-refractivity contribution in [2.45, 2.75) is 57.3 Å². The monoisotopic (exact) mass is 250 g/mol. The molecule has 4 heteroatoms. The Morgan fingerprint density at radius 3 is 2.94 bits per heavy atom. The Hall–Kier alpha value is -1.16. The standard InChI is InChI=1S/C14H18O4/c1-8-4-3-7-14(2)12(18-14)11-9(6-5-8)10(15)13(16)17-11/h4,9,11-12H,3,5-7H2,1-2H3/b8-4+/t9-,11-,12?,14+/m0/s1. The first-order valence-electron chi connectivity index (χ1n) is 6.59. The van der Waals surface area contributed by atoms with E-state index >= 15 is 0 Å². The Balaban J connectivity index is 1.87. The van der Waals surface area contributed by atoms with Gasteiger partial charge in [-0.2, -0.15) is 0 Å². The summed E-state index contributed by atoms with van der Waals surface area (Å²) in [5, 5.41) is 0. The fourth-order valence-corrected chi connectivity index (χ4v) is 3.09. The first-order valence-corrected chi connectivity index (χ1v) is 6.59. The van der Waals surface area contributed by atoms with E-state index in [1.54, 1.807) is 0 Å². The number of fused-ring (bicyclic) bond motifs is 3. The number of ketones is 1. The number of epoxide rings is 1. The van der Waals surface area contributed by atoms with Gasteiger partial charge in [0.25, 0.3) is 0 Å². The molecule has 2 saturated heterocycles. The maximum atomic E-state index is 11.8. The molecular weight excluding hydrogens is 232 g/mol. The Morgan fingerprint density at radius 1 is 1.39 bits per heavy atom. The van der Waals surface area contributed by atoms with Gasteiger partial charge in [-0.1, -0.05) is 11.6 Å². The van der Waals surface area contributed by atoms with Gasteiger partial charge in [0.2, 0.25) is 5.78 Å². The molecule has 4 nitrogen and oxygen atoms in total. The van der Waals surface area contributed by atoms with Crippen LogP contribution < -0.4 is 0 Å². The van der Waals surface area contributed by atoms with E-state index in [2.05, 4.69) is 13.0 Å². The van der Waals surface area contributed by atoms with E-state index in [0.29, 0.717) is 6.42 Å². The lowest BCUT2D eigenvalue weighted by atomic mass is 9.85. The van der Waals surface area contributed by atoms with Crippen LogP contribution in [0.2, 0.25) is 0 Å². The van der Waals surface area contributed by atoms with E-state index in [1.165, 1.54) is 5.57 Å². The molecule has 2 heterocycles. The molecule has 3 rings (SSSR count). The molecule has 2 fully saturated rings. The summed E-state index contributed by atoms with van der Waals surface area (Å²) in [6.45, 7) is 4.11. The molecule has 0 aromatic rings. The number of rotatable bonds is 0. The van der Waals surface area contributed by atoms with Crippen LogP contribution in [0.4, 0.5) is 0 Å². The highest BCUT2D eigenvalue weighted by atomic mass is 16.6. The van der Waals surface area contributed by atoms with Gasteiger partial charge in [-0.3, -0.25) is 4.79 Å². The van der Waals surface area contributed by atoms with Crippen LogP contribution in [-0.4, -0.2) is 29.6 Å². The predicted molar refractivity (Wildman–Crippen MR) is 63.9 cm³/mol. The highest BCUT2D eigenvalue weighted by Gasteiger charge is 2.62. The molecule has 1 aliphatic carbocycles. The molecule has 18 heavy (non-hydrogen) atoms. The second kappa shape index (κ2) is 3.92.